The minimum Gasteiger partial charge on any atom is -0.330 e. The largest absolute Gasteiger partial charge is 0.330 e. The Labute approximate surface area is 154 Å². The summed E-state index contributed by atoms with van der Waals surface area (Å²) in [5, 5.41) is 10.3. The van der Waals surface area contributed by atoms with Crippen LogP contribution in [0.3, 0.4) is 0 Å². The molecule has 0 amide bonds. The van der Waals surface area contributed by atoms with E-state index < -0.39 is 0 Å². The number of nitrogens with two attached hydrogens (primary N) is 3. The van der Waals surface area contributed by atoms with Crippen LogP contribution < -0.4 is 17.2 Å². The smallest absolute Gasteiger partial charge is 0.0260 e. The van der Waals surface area contributed by atoms with E-state index in [-0.39, 0.29) is 5.92 Å². The van der Waals surface area contributed by atoms with Crippen LogP contribution in [0.4, 0.5) is 0 Å². The monoisotopic (exact) mass is 368 g/mol. The Balaban J connectivity index is 0. The Morgan fingerprint density at radius 1 is 0.538 bits per heavy atom. The quantitative estimate of drug-likeness (QED) is 0.224. The number of azide groups is 3. The van der Waals surface area contributed by atoms with E-state index in [1.165, 1.54) is 0 Å². The van der Waals surface area contributed by atoms with E-state index >= 15 is 0 Å². The third-order valence-corrected chi connectivity index (χ3v) is 3.83. The van der Waals surface area contributed by atoms with Gasteiger partial charge in [0, 0.05) is 34.4 Å². The van der Waals surface area contributed by atoms with Gasteiger partial charge in [-0.15, -0.1) is 0 Å². The van der Waals surface area contributed by atoms with Gasteiger partial charge in [-0.2, -0.15) is 0 Å². The van der Waals surface area contributed by atoms with Crippen molar-refractivity contribution in [2.75, 3.05) is 39.3 Å². The molecular weight excluding hydrogens is 336 g/mol. The Morgan fingerprint density at radius 3 is 1.04 bits per heavy atom. The molecule has 148 valence electrons. The minimum absolute atomic E-state index is 0.251. The standard InChI is InChI=1S/C7H13N9.C7H19N3/c8-14-11-4-1-7(2-5-12-15-9)3-6-13-16-10;8-4-1-7(2-5-9)3-6-10/h7H,1-6H2;7H,1-6,8-10H2. The van der Waals surface area contributed by atoms with Crippen molar-refractivity contribution in [3.05, 3.63) is 31.3 Å². The van der Waals surface area contributed by atoms with Crippen molar-refractivity contribution in [2.45, 2.75) is 38.5 Å². The van der Waals surface area contributed by atoms with Crippen LogP contribution >= 0.6 is 0 Å². The molecule has 0 radical (unpaired) electrons. The molecule has 0 aliphatic rings. The Kier molecular flexibility index (Phi) is 22.8. The second-order valence-electron chi connectivity index (χ2n) is 5.69. The van der Waals surface area contributed by atoms with Crippen LogP contribution in [0.15, 0.2) is 15.3 Å². The van der Waals surface area contributed by atoms with Gasteiger partial charge in [0.1, 0.15) is 0 Å². The molecule has 12 nitrogen and oxygen atoms in total. The summed E-state index contributed by atoms with van der Waals surface area (Å²) in [7, 11) is 0. The summed E-state index contributed by atoms with van der Waals surface area (Å²) in [5.74, 6) is 0.904. The van der Waals surface area contributed by atoms with Gasteiger partial charge in [-0.05, 0) is 86.6 Å². The highest BCUT2D eigenvalue weighted by Crippen LogP contribution is 2.14. The molecule has 0 saturated carbocycles. The van der Waals surface area contributed by atoms with Gasteiger partial charge in [0.2, 0.25) is 0 Å². The van der Waals surface area contributed by atoms with E-state index in [1.807, 2.05) is 0 Å². The predicted octanol–water partition coefficient (Wildman–Crippen LogP) is 3.35. The van der Waals surface area contributed by atoms with E-state index in [0.29, 0.717) is 44.8 Å². The molecule has 0 saturated heterocycles. The molecule has 0 aromatic heterocycles. The lowest BCUT2D eigenvalue weighted by Crippen LogP contribution is -2.16. The molecule has 0 spiro atoms. The van der Waals surface area contributed by atoms with Crippen LogP contribution in [-0.2, 0) is 0 Å². The first kappa shape index (κ1) is 26.0. The van der Waals surface area contributed by atoms with Gasteiger partial charge in [0.05, 0.1) is 0 Å². The number of rotatable bonds is 15. The fourth-order valence-corrected chi connectivity index (χ4v) is 2.43. The van der Waals surface area contributed by atoms with Crippen molar-refractivity contribution in [3.8, 4) is 0 Å². The summed E-state index contributed by atoms with van der Waals surface area (Å²) in [6, 6.07) is 0. The Bertz CT molecular complexity index is 382. The zero-order valence-electron chi connectivity index (χ0n) is 15.4. The van der Waals surface area contributed by atoms with Crippen molar-refractivity contribution in [1.29, 1.82) is 0 Å². The molecule has 26 heavy (non-hydrogen) atoms. The van der Waals surface area contributed by atoms with Crippen LogP contribution in [0.1, 0.15) is 38.5 Å². The maximum absolute atomic E-state index is 8.13. The van der Waals surface area contributed by atoms with E-state index in [1.54, 1.807) is 0 Å². The van der Waals surface area contributed by atoms with Gasteiger partial charge >= 0.3 is 0 Å². The topological polar surface area (TPSA) is 224 Å². The van der Waals surface area contributed by atoms with Gasteiger partial charge in [0.15, 0.2) is 0 Å². The third kappa shape index (κ3) is 19.9. The summed E-state index contributed by atoms with van der Waals surface area (Å²) in [4.78, 5) is 7.98. The van der Waals surface area contributed by atoms with Gasteiger partial charge in [0.25, 0.3) is 0 Å². The zero-order valence-corrected chi connectivity index (χ0v) is 15.4. The predicted molar refractivity (Wildman–Crippen MR) is 104 cm³/mol. The maximum atomic E-state index is 8.13. The highest BCUT2D eigenvalue weighted by molar-refractivity contribution is 4.65. The van der Waals surface area contributed by atoms with Gasteiger partial charge in [-0.1, -0.05) is 15.3 Å². The van der Waals surface area contributed by atoms with Crippen molar-refractivity contribution in [2.24, 2.45) is 44.4 Å². The Morgan fingerprint density at radius 2 is 0.808 bits per heavy atom. The highest BCUT2D eigenvalue weighted by Gasteiger charge is 2.06. The highest BCUT2D eigenvalue weighted by atomic mass is 15.1. The third-order valence-electron chi connectivity index (χ3n) is 3.83. The van der Waals surface area contributed by atoms with E-state index in [4.69, 9.17) is 33.8 Å². The van der Waals surface area contributed by atoms with Crippen molar-refractivity contribution in [1.82, 2.24) is 0 Å². The molecule has 0 aromatic carbocycles. The SMILES string of the molecule is NCCC(CCN)CCN.[N-]=[N+]=NCCC(CCN=[N+]=[N-])CCN=[N+]=[N-]. The number of nitrogens with zero attached hydrogens (tertiary/aromatic N) is 9. The maximum Gasteiger partial charge on any atom is 0.0260 e. The first-order chi connectivity index (χ1) is 12.7. The molecule has 0 aliphatic carbocycles. The molecule has 0 atom stereocenters. The molecule has 0 fully saturated rings. The second kappa shape index (κ2) is 22.8. The average molecular weight is 368 g/mol. The lowest BCUT2D eigenvalue weighted by molar-refractivity contribution is 0.436. The number of hydrogen-bond donors (Lipinski definition) is 3. The normalized spacial score (nSPS) is 10.6. The molecule has 0 heterocycles. The molecule has 12 heteroatoms. The number of hydrogen-bond acceptors (Lipinski definition) is 6. The Hall–Kier alpha value is -2.19. The lowest BCUT2D eigenvalue weighted by atomic mass is 9.98. The van der Waals surface area contributed by atoms with E-state index in [9.17, 15) is 0 Å². The molecule has 0 aliphatic heterocycles. The fourth-order valence-electron chi connectivity index (χ4n) is 2.43. The average Bonchev–Trinajstić information content (AvgIpc) is 2.63. The van der Waals surface area contributed by atoms with Crippen LogP contribution in [0.5, 0.6) is 0 Å². The second-order valence-corrected chi connectivity index (χ2v) is 5.69. The summed E-state index contributed by atoms with van der Waals surface area (Å²) < 4.78 is 0. The molecule has 0 unspecified atom stereocenters. The summed E-state index contributed by atoms with van der Waals surface area (Å²) in [6.45, 7) is 3.50. The van der Waals surface area contributed by atoms with Gasteiger partial charge < -0.3 is 17.2 Å². The minimum atomic E-state index is 0.251. The van der Waals surface area contributed by atoms with Crippen LogP contribution in [0.25, 0.3) is 31.3 Å². The van der Waals surface area contributed by atoms with Gasteiger partial charge in [-0.3, -0.25) is 0 Å². The summed E-state index contributed by atoms with van der Waals surface area (Å²) >= 11 is 0. The summed E-state index contributed by atoms with van der Waals surface area (Å²) in [6.07, 6.45) is 5.33. The van der Waals surface area contributed by atoms with Crippen LogP contribution in [0, 0.1) is 11.8 Å². The van der Waals surface area contributed by atoms with Crippen molar-refractivity contribution >= 4 is 0 Å². The van der Waals surface area contributed by atoms with Crippen molar-refractivity contribution in [3.63, 3.8) is 0 Å². The van der Waals surface area contributed by atoms with E-state index in [2.05, 4.69) is 30.1 Å². The van der Waals surface area contributed by atoms with Gasteiger partial charge in [-0.25, -0.2) is 0 Å². The molecule has 6 N–H and O–H groups in total. The molecular formula is C14H32N12. The molecule has 0 rings (SSSR count). The molecule has 0 aromatic rings. The van der Waals surface area contributed by atoms with E-state index in [0.717, 1.165) is 38.9 Å². The van der Waals surface area contributed by atoms with Crippen LogP contribution in [-0.4, -0.2) is 39.3 Å². The summed E-state index contributed by atoms with van der Waals surface area (Å²) in [5.41, 5.74) is 40.6. The first-order valence-corrected chi connectivity index (χ1v) is 8.82. The zero-order chi connectivity index (χ0) is 19.9. The fraction of sp³-hybridized carbons (Fsp3) is 1.00. The van der Waals surface area contributed by atoms with Crippen LogP contribution in [0.2, 0.25) is 0 Å². The molecule has 0 bridgehead atoms. The lowest BCUT2D eigenvalue weighted by Gasteiger charge is -2.12. The van der Waals surface area contributed by atoms with Crippen molar-refractivity contribution < 1.29 is 0 Å². The first-order valence-electron chi connectivity index (χ1n) is 8.82.